The minimum Gasteiger partial charge on any atom is -0.198 e. The number of nitriles is 1. The molecule has 0 aromatic rings. The quantitative estimate of drug-likeness (QED) is 0.549. The lowest BCUT2D eigenvalue weighted by molar-refractivity contribution is 0.477. The van der Waals surface area contributed by atoms with Gasteiger partial charge in [0.1, 0.15) is 0 Å². The maximum absolute atomic E-state index is 8.34. The van der Waals surface area contributed by atoms with Gasteiger partial charge in [-0.05, 0) is 20.3 Å². The van der Waals surface area contributed by atoms with Gasteiger partial charge in [0.25, 0.3) is 0 Å². The normalized spacial score (nSPS) is 9.20. The number of hydrogen-bond donors (Lipinski definition) is 0. The molecule has 10 heavy (non-hydrogen) atoms. The Labute approximate surface area is 65.1 Å². The summed E-state index contributed by atoms with van der Waals surface area (Å²) in [5.74, 6) is 0. The van der Waals surface area contributed by atoms with Gasteiger partial charge in [0.2, 0.25) is 0 Å². The van der Waals surface area contributed by atoms with Crippen LogP contribution in [0.15, 0.2) is 0 Å². The molecule has 0 fully saturated rings. The van der Waals surface area contributed by atoms with Gasteiger partial charge in [0.05, 0.1) is 11.5 Å². The predicted molar refractivity (Wildman–Crippen MR) is 45.7 cm³/mol. The Morgan fingerprint density at radius 3 is 1.50 bits per heavy atom. The van der Waals surface area contributed by atoms with Gasteiger partial charge in [0.15, 0.2) is 0 Å². The number of nitrogens with zero attached hydrogens (tertiary/aromatic N) is 1. The molecule has 0 aliphatic heterocycles. The molecule has 0 N–H and O–H groups in total. The minimum atomic E-state index is -0.111. The summed E-state index contributed by atoms with van der Waals surface area (Å²) in [5.41, 5.74) is -0.111. The van der Waals surface area contributed by atoms with E-state index < -0.39 is 0 Å². The summed E-state index contributed by atoms with van der Waals surface area (Å²) in [7, 11) is 0. The van der Waals surface area contributed by atoms with Gasteiger partial charge in [-0.1, -0.05) is 27.2 Å². The summed E-state index contributed by atoms with van der Waals surface area (Å²) in [6, 6.07) is 2.19. The zero-order valence-electron chi connectivity index (χ0n) is 7.86. The third-order valence-corrected chi connectivity index (χ3v) is 1.19. The fourth-order valence-electron chi connectivity index (χ4n) is 0.0791. The second kappa shape index (κ2) is 6.61. The van der Waals surface area contributed by atoms with E-state index in [1.54, 1.807) is 0 Å². The average molecular weight is 141 g/mol. The van der Waals surface area contributed by atoms with Crippen molar-refractivity contribution in [2.24, 2.45) is 5.41 Å². The van der Waals surface area contributed by atoms with Gasteiger partial charge in [-0.15, -0.1) is 0 Å². The third-order valence-electron chi connectivity index (χ3n) is 1.19. The fraction of sp³-hybridized carbons (Fsp3) is 0.889. The first-order valence-electron chi connectivity index (χ1n) is 3.95. The van der Waals surface area contributed by atoms with Gasteiger partial charge >= 0.3 is 0 Å². The Morgan fingerprint density at radius 1 is 1.20 bits per heavy atom. The highest BCUT2D eigenvalue weighted by Gasteiger charge is 2.11. The summed E-state index contributed by atoms with van der Waals surface area (Å²) in [5, 5.41) is 8.34. The predicted octanol–water partition coefficient (Wildman–Crippen LogP) is 3.36. The molecule has 0 aromatic heterocycles. The minimum absolute atomic E-state index is 0.111. The topological polar surface area (TPSA) is 23.8 Å². The molecule has 0 saturated carbocycles. The van der Waals surface area contributed by atoms with Gasteiger partial charge in [-0.2, -0.15) is 5.26 Å². The Morgan fingerprint density at radius 2 is 1.50 bits per heavy atom. The van der Waals surface area contributed by atoms with Crippen molar-refractivity contribution in [2.75, 3.05) is 0 Å². The standard InChI is InChI=1S/C6H11N.C3H8/c1-4-6(2,3)5-7;1-3-2/h4H2,1-3H3;3H2,1-2H3. The highest BCUT2D eigenvalue weighted by molar-refractivity contribution is 4.89. The van der Waals surface area contributed by atoms with Crippen LogP contribution in [0.2, 0.25) is 0 Å². The van der Waals surface area contributed by atoms with Crippen LogP contribution in [-0.4, -0.2) is 0 Å². The van der Waals surface area contributed by atoms with E-state index in [4.69, 9.17) is 5.26 Å². The van der Waals surface area contributed by atoms with E-state index in [1.165, 1.54) is 6.42 Å². The molecule has 60 valence electrons. The summed E-state index contributed by atoms with van der Waals surface area (Å²) in [4.78, 5) is 0. The number of hydrogen-bond acceptors (Lipinski definition) is 1. The van der Waals surface area contributed by atoms with Crippen molar-refractivity contribution >= 4 is 0 Å². The molecular weight excluding hydrogens is 122 g/mol. The van der Waals surface area contributed by atoms with Crippen molar-refractivity contribution in [2.45, 2.75) is 47.5 Å². The zero-order chi connectivity index (χ0) is 8.62. The molecule has 0 radical (unpaired) electrons. The maximum Gasteiger partial charge on any atom is 0.0683 e. The smallest absolute Gasteiger partial charge is 0.0683 e. The van der Waals surface area contributed by atoms with Crippen LogP contribution in [0.3, 0.4) is 0 Å². The van der Waals surface area contributed by atoms with Crippen molar-refractivity contribution in [3.63, 3.8) is 0 Å². The van der Waals surface area contributed by atoms with Crippen molar-refractivity contribution in [3.05, 3.63) is 0 Å². The molecule has 0 aliphatic rings. The molecule has 0 atom stereocenters. The van der Waals surface area contributed by atoms with Crippen LogP contribution in [0.1, 0.15) is 47.5 Å². The summed E-state index contributed by atoms with van der Waals surface area (Å²) in [6.45, 7) is 10.1. The van der Waals surface area contributed by atoms with Gasteiger partial charge < -0.3 is 0 Å². The van der Waals surface area contributed by atoms with Gasteiger partial charge in [-0.3, -0.25) is 0 Å². The van der Waals surface area contributed by atoms with E-state index in [0.717, 1.165) is 6.42 Å². The lowest BCUT2D eigenvalue weighted by Crippen LogP contribution is -2.03. The average Bonchev–Trinajstić information content (AvgIpc) is 1.90. The molecule has 1 heteroatoms. The Hall–Kier alpha value is -0.510. The Kier molecular flexibility index (Phi) is 8.06. The highest BCUT2D eigenvalue weighted by Crippen LogP contribution is 2.16. The molecule has 0 aliphatic carbocycles. The van der Waals surface area contributed by atoms with E-state index in [0.29, 0.717) is 0 Å². The summed E-state index contributed by atoms with van der Waals surface area (Å²) in [6.07, 6.45) is 2.18. The number of rotatable bonds is 1. The van der Waals surface area contributed by atoms with Crippen LogP contribution in [0.4, 0.5) is 0 Å². The molecule has 0 rings (SSSR count). The first-order valence-corrected chi connectivity index (χ1v) is 3.95. The van der Waals surface area contributed by atoms with E-state index in [-0.39, 0.29) is 5.41 Å². The molecule has 0 heterocycles. The van der Waals surface area contributed by atoms with Gasteiger partial charge in [-0.25, -0.2) is 0 Å². The molecule has 0 unspecified atom stereocenters. The SMILES string of the molecule is CCC.CCC(C)(C)C#N. The molecule has 0 bridgehead atoms. The lowest BCUT2D eigenvalue weighted by Gasteiger charge is -2.08. The lowest BCUT2D eigenvalue weighted by atomic mass is 9.93. The molecule has 1 nitrogen and oxygen atoms in total. The molecule has 0 saturated heterocycles. The van der Waals surface area contributed by atoms with Crippen molar-refractivity contribution in [1.82, 2.24) is 0 Å². The molecule has 0 amide bonds. The highest BCUT2D eigenvalue weighted by atomic mass is 14.3. The zero-order valence-corrected chi connectivity index (χ0v) is 7.86. The third kappa shape index (κ3) is 10.5. The summed E-state index contributed by atoms with van der Waals surface area (Å²) >= 11 is 0. The Balaban J connectivity index is 0. The van der Waals surface area contributed by atoms with Crippen LogP contribution in [0, 0.1) is 16.7 Å². The molecule has 0 spiro atoms. The molecule has 0 aromatic carbocycles. The van der Waals surface area contributed by atoms with E-state index in [9.17, 15) is 0 Å². The second-order valence-electron chi connectivity index (χ2n) is 3.06. The first-order chi connectivity index (χ1) is 4.54. The first kappa shape index (κ1) is 12.2. The van der Waals surface area contributed by atoms with E-state index >= 15 is 0 Å². The van der Waals surface area contributed by atoms with Crippen molar-refractivity contribution in [3.8, 4) is 6.07 Å². The second-order valence-corrected chi connectivity index (χ2v) is 3.06. The maximum atomic E-state index is 8.34. The van der Waals surface area contributed by atoms with Crippen LogP contribution in [-0.2, 0) is 0 Å². The van der Waals surface area contributed by atoms with Crippen LogP contribution >= 0.6 is 0 Å². The van der Waals surface area contributed by atoms with Gasteiger partial charge in [0, 0.05) is 0 Å². The van der Waals surface area contributed by atoms with Crippen LogP contribution in [0.25, 0.3) is 0 Å². The molecular formula is C9H19N. The summed E-state index contributed by atoms with van der Waals surface area (Å²) < 4.78 is 0. The van der Waals surface area contributed by atoms with Crippen LogP contribution < -0.4 is 0 Å². The largest absolute Gasteiger partial charge is 0.198 e. The van der Waals surface area contributed by atoms with Crippen LogP contribution in [0.5, 0.6) is 0 Å². The van der Waals surface area contributed by atoms with E-state index in [1.807, 2.05) is 20.8 Å². The van der Waals surface area contributed by atoms with Crippen molar-refractivity contribution in [1.29, 1.82) is 5.26 Å². The van der Waals surface area contributed by atoms with E-state index in [2.05, 4.69) is 19.9 Å². The fourth-order valence-corrected chi connectivity index (χ4v) is 0.0791. The van der Waals surface area contributed by atoms with Crippen molar-refractivity contribution < 1.29 is 0 Å². The monoisotopic (exact) mass is 141 g/mol. The Bertz CT molecular complexity index is 97.8.